The average molecular weight is 214 g/mol. The number of hydrogen-bond acceptors (Lipinski definition) is 3. The normalized spacial score (nSPS) is 17.5. The van der Waals surface area contributed by atoms with E-state index in [1.54, 1.807) is 0 Å². The Hall–Kier alpha value is -0.610. The van der Waals surface area contributed by atoms with Gasteiger partial charge in [0.05, 0.1) is 6.10 Å². The van der Waals surface area contributed by atoms with Crippen LogP contribution in [-0.2, 0) is 4.79 Å². The topological polar surface area (TPSA) is 43.8 Å². The molecule has 1 amide bonds. The Morgan fingerprint density at radius 3 is 2.47 bits per heavy atom. The highest BCUT2D eigenvalue weighted by atomic mass is 16.3. The summed E-state index contributed by atoms with van der Waals surface area (Å²) in [7, 11) is 0. The van der Waals surface area contributed by atoms with E-state index in [1.165, 1.54) is 0 Å². The zero-order valence-electron chi connectivity index (χ0n) is 9.78. The number of carbonyl (C=O) groups excluding carboxylic acids is 1. The Balaban J connectivity index is 2.06. The average Bonchev–Trinajstić information content (AvgIpc) is 2.17. The fourth-order valence-corrected chi connectivity index (χ4v) is 1.91. The Morgan fingerprint density at radius 1 is 1.40 bits per heavy atom. The largest absolute Gasteiger partial charge is 0.390 e. The van der Waals surface area contributed by atoms with E-state index in [0.717, 1.165) is 39.1 Å². The van der Waals surface area contributed by atoms with Crippen LogP contribution >= 0.6 is 0 Å². The molecule has 1 heterocycles. The molecule has 0 saturated carbocycles. The number of carbonyl (C=O) groups is 1. The van der Waals surface area contributed by atoms with Crippen molar-refractivity contribution < 1.29 is 9.90 Å². The Kier molecular flexibility index (Phi) is 5.05. The second-order valence-electron chi connectivity index (χ2n) is 4.08. The van der Waals surface area contributed by atoms with Gasteiger partial charge in [-0.2, -0.15) is 0 Å². The molecule has 0 aliphatic carbocycles. The SMILES string of the molecule is CCN(CC)C(=O)CCCN1CC(O)C1. The van der Waals surface area contributed by atoms with Gasteiger partial charge in [0.15, 0.2) is 0 Å². The lowest BCUT2D eigenvalue weighted by atomic mass is 10.1. The lowest BCUT2D eigenvalue weighted by Gasteiger charge is -2.35. The van der Waals surface area contributed by atoms with E-state index in [9.17, 15) is 4.79 Å². The molecule has 15 heavy (non-hydrogen) atoms. The standard InChI is InChI=1S/C11H22N2O2/c1-3-13(4-2)11(15)6-5-7-12-8-10(14)9-12/h10,14H,3-9H2,1-2H3. The van der Waals surface area contributed by atoms with Crippen LogP contribution in [0.25, 0.3) is 0 Å². The first-order valence-electron chi connectivity index (χ1n) is 5.85. The summed E-state index contributed by atoms with van der Waals surface area (Å²) in [4.78, 5) is 15.7. The van der Waals surface area contributed by atoms with Crippen molar-refractivity contribution in [2.45, 2.75) is 32.8 Å². The fourth-order valence-electron chi connectivity index (χ4n) is 1.91. The van der Waals surface area contributed by atoms with Gasteiger partial charge in [-0.25, -0.2) is 0 Å². The first-order valence-corrected chi connectivity index (χ1v) is 5.85. The third-order valence-corrected chi connectivity index (χ3v) is 2.92. The van der Waals surface area contributed by atoms with Gasteiger partial charge in [0.1, 0.15) is 0 Å². The number of rotatable bonds is 6. The molecule has 0 aromatic carbocycles. The molecule has 1 aliphatic rings. The fraction of sp³-hybridized carbons (Fsp3) is 0.909. The molecule has 0 aromatic rings. The van der Waals surface area contributed by atoms with E-state index in [4.69, 9.17) is 5.11 Å². The van der Waals surface area contributed by atoms with Crippen molar-refractivity contribution in [2.75, 3.05) is 32.7 Å². The molecule has 1 aliphatic heterocycles. The maximum Gasteiger partial charge on any atom is 0.222 e. The van der Waals surface area contributed by atoms with Gasteiger partial charge in [0.25, 0.3) is 0 Å². The summed E-state index contributed by atoms with van der Waals surface area (Å²) < 4.78 is 0. The molecule has 1 fully saturated rings. The van der Waals surface area contributed by atoms with Gasteiger partial charge in [0.2, 0.25) is 5.91 Å². The first-order chi connectivity index (χ1) is 7.17. The Morgan fingerprint density at radius 2 is 2.00 bits per heavy atom. The van der Waals surface area contributed by atoms with Crippen LogP contribution in [-0.4, -0.2) is 59.6 Å². The number of amides is 1. The summed E-state index contributed by atoms with van der Waals surface area (Å²) in [6.07, 6.45) is 1.40. The summed E-state index contributed by atoms with van der Waals surface area (Å²) in [6.45, 7) is 8.11. The molecule has 4 heteroatoms. The van der Waals surface area contributed by atoms with Crippen molar-refractivity contribution in [3.05, 3.63) is 0 Å². The van der Waals surface area contributed by atoms with Crippen LogP contribution in [0.2, 0.25) is 0 Å². The third kappa shape index (κ3) is 3.80. The number of β-amino-alcohol motifs (C(OH)–C–C–N with tert-alkyl or cyclic N) is 1. The summed E-state index contributed by atoms with van der Waals surface area (Å²) in [5, 5.41) is 9.07. The zero-order chi connectivity index (χ0) is 11.3. The van der Waals surface area contributed by atoms with Crippen LogP contribution in [0.4, 0.5) is 0 Å². The molecule has 1 saturated heterocycles. The van der Waals surface area contributed by atoms with Crippen LogP contribution in [0.1, 0.15) is 26.7 Å². The smallest absolute Gasteiger partial charge is 0.222 e. The van der Waals surface area contributed by atoms with Crippen molar-refractivity contribution in [2.24, 2.45) is 0 Å². The molecule has 0 spiro atoms. The van der Waals surface area contributed by atoms with Crippen LogP contribution in [0, 0.1) is 0 Å². The predicted molar refractivity (Wildman–Crippen MR) is 59.6 cm³/mol. The molecule has 4 nitrogen and oxygen atoms in total. The van der Waals surface area contributed by atoms with E-state index in [-0.39, 0.29) is 12.0 Å². The number of aliphatic hydroxyl groups excluding tert-OH is 1. The number of aliphatic hydroxyl groups is 1. The minimum absolute atomic E-state index is 0.136. The van der Waals surface area contributed by atoms with Crippen LogP contribution < -0.4 is 0 Å². The monoisotopic (exact) mass is 214 g/mol. The lowest BCUT2D eigenvalue weighted by Crippen LogP contribution is -2.50. The van der Waals surface area contributed by atoms with Gasteiger partial charge >= 0.3 is 0 Å². The minimum atomic E-state index is -0.136. The van der Waals surface area contributed by atoms with Crippen LogP contribution in [0.15, 0.2) is 0 Å². The number of hydrogen-bond donors (Lipinski definition) is 1. The van der Waals surface area contributed by atoms with Crippen molar-refractivity contribution in [3.63, 3.8) is 0 Å². The van der Waals surface area contributed by atoms with Crippen molar-refractivity contribution in [1.82, 2.24) is 9.80 Å². The number of likely N-dealkylation sites (tertiary alicyclic amines) is 1. The summed E-state index contributed by atoms with van der Waals surface area (Å²) >= 11 is 0. The molecule has 0 bridgehead atoms. The van der Waals surface area contributed by atoms with Crippen LogP contribution in [0.5, 0.6) is 0 Å². The molecule has 88 valence electrons. The van der Waals surface area contributed by atoms with Crippen molar-refractivity contribution in [3.8, 4) is 0 Å². The second-order valence-corrected chi connectivity index (χ2v) is 4.08. The van der Waals surface area contributed by atoms with E-state index in [2.05, 4.69) is 4.90 Å². The molecule has 0 radical (unpaired) electrons. The minimum Gasteiger partial charge on any atom is -0.390 e. The highest BCUT2D eigenvalue weighted by Gasteiger charge is 2.23. The Bertz CT molecular complexity index is 199. The maximum absolute atomic E-state index is 11.6. The molecule has 1 N–H and O–H groups in total. The van der Waals surface area contributed by atoms with E-state index in [0.29, 0.717) is 6.42 Å². The van der Waals surface area contributed by atoms with E-state index >= 15 is 0 Å². The van der Waals surface area contributed by atoms with Gasteiger partial charge in [-0.05, 0) is 26.8 Å². The van der Waals surface area contributed by atoms with Gasteiger partial charge in [-0.15, -0.1) is 0 Å². The molecule has 0 aromatic heterocycles. The maximum atomic E-state index is 11.6. The molecular formula is C11H22N2O2. The highest BCUT2D eigenvalue weighted by molar-refractivity contribution is 5.76. The molecule has 1 rings (SSSR count). The van der Waals surface area contributed by atoms with Gasteiger partial charge < -0.3 is 10.0 Å². The molecule has 0 unspecified atom stereocenters. The lowest BCUT2D eigenvalue weighted by molar-refractivity contribution is -0.131. The number of nitrogens with zero attached hydrogens (tertiary/aromatic N) is 2. The Labute approximate surface area is 91.9 Å². The third-order valence-electron chi connectivity index (χ3n) is 2.92. The summed E-state index contributed by atoms with van der Waals surface area (Å²) in [5.74, 6) is 0.251. The van der Waals surface area contributed by atoms with E-state index in [1.807, 2.05) is 18.7 Å². The van der Waals surface area contributed by atoms with Crippen molar-refractivity contribution in [1.29, 1.82) is 0 Å². The second kappa shape index (κ2) is 6.08. The van der Waals surface area contributed by atoms with Gasteiger partial charge in [-0.1, -0.05) is 0 Å². The van der Waals surface area contributed by atoms with Gasteiger partial charge in [0, 0.05) is 32.6 Å². The first kappa shape index (κ1) is 12.5. The zero-order valence-corrected chi connectivity index (χ0v) is 9.78. The summed E-state index contributed by atoms with van der Waals surface area (Å²) in [6, 6.07) is 0. The highest BCUT2D eigenvalue weighted by Crippen LogP contribution is 2.08. The van der Waals surface area contributed by atoms with E-state index < -0.39 is 0 Å². The quantitative estimate of drug-likeness (QED) is 0.692. The van der Waals surface area contributed by atoms with Gasteiger partial charge in [-0.3, -0.25) is 9.69 Å². The molecule has 0 atom stereocenters. The van der Waals surface area contributed by atoms with Crippen LogP contribution in [0.3, 0.4) is 0 Å². The summed E-state index contributed by atoms with van der Waals surface area (Å²) in [5.41, 5.74) is 0. The molecular weight excluding hydrogens is 192 g/mol. The predicted octanol–water partition coefficient (Wildman–Crippen LogP) is 0.311. The van der Waals surface area contributed by atoms with Crippen molar-refractivity contribution >= 4 is 5.91 Å².